The van der Waals surface area contributed by atoms with Crippen LogP contribution in [0.15, 0.2) is 71.2 Å². The Kier molecular flexibility index (Phi) is 7.42. The number of nitrogens with zero attached hydrogens (tertiary/aromatic N) is 1. The predicted octanol–water partition coefficient (Wildman–Crippen LogP) is 5.83. The molecule has 33 heavy (non-hydrogen) atoms. The van der Waals surface area contributed by atoms with Gasteiger partial charge in [-0.2, -0.15) is 0 Å². The van der Waals surface area contributed by atoms with Crippen LogP contribution >= 0.6 is 39.1 Å². The van der Waals surface area contributed by atoms with Gasteiger partial charge >= 0.3 is 0 Å². The summed E-state index contributed by atoms with van der Waals surface area (Å²) < 4.78 is 6.69. The van der Waals surface area contributed by atoms with Crippen molar-refractivity contribution in [2.45, 2.75) is 13.0 Å². The summed E-state index contributed by atoms with van der Waals surface area (Å²) in [5.41, 5.74) is 7.73. The van der Waals surface area contributed by atoms with Crippen molar-refractivity contribution in [2.24, 2.45) is 5.92 Å². The molecule has 0 spiro atoms. The molecule has 1 saturated heterocycles. The van der Waals surface area contributed by atoms with Gasteiger partial charge in [-0.25, -0.2) is 0 Å². The summed E-state index contributed by atoms with van der Waals surface area (Å²) in [6.07, 6.45) is 0.152. The maximum Gasteiger partial charge on any atom is 0.243 e. The second kappa shape index (κ2) is 10.5. The average molecular weight is 549 g/mol. The molecule has 2 N–H and O–H groups in total. The van der Waals surface area contributed by atoms with Gasteiger partial charge in [0.25, 0.3) is 0 Å². The monoisotopic (exact) mass is 547 g/mol. The highest BCUT2D eigenvalue weighted by molar-refractivity contribution is 9.10. The smallest absolute Gasteiger partial charge is 0.243 e. The molecule has 9 heteroatoms. The van der Waals surface area contributed by atoms with Gasteiger partial charge in [-0.1, -0.05) is 57.3 Å². The molecule has 1 atom stereocenters. The summed E-state index contributed by atoms with van der Waals surface area (Å²) in [6.45, 7) is 0.608. The lowest BCUT2D eigenvalue weighted by Gasteiger charge is -2.17. The first-order valence-electron chi connectivity index (χ1n) is 10.2. The SMILES string of the molecule is O=C(NNc1ccc(OCc2ccccc2Cl)c(Cl)c1)[C@H]1CC(=O)N(c2ccc(Br)cc2)C1. The minimum Gasteiger partial charge on any atom is -0.487 e. The van der Waals surface area contributed by atoms with E-state index < -0.39 is 5.92 Å². The molecule has 1 heterocycles. The normalized spacial score (nSPS) is 15.4. The van der Waals surface area contributed by atoms with Crippen LogP contribution in [0.1, 0.15) is 12.0 Å². The zero-order chi connectivity index (χ0) is 23.4. The third-order valence-electron chi connectivity index (χ3n) is 5.24. The predicted molar refractivity (Wildman–Crippen MR) is 134 cm³/mol. The van der Waals surface area contributed by atoms with Crippen LogP contribution in [0.3, 0.4) is 0 Å². The van der Waals surface area contributed by atoms with E-state index in [2.05, 4.69) is 26.8 Å². The lowest BCUT2D eigenvalue weighted by molar-refractivity contribution is -0.125. The van der Waals surface area contributed by atoms with Gasteiger partial charge in [0.2, 0.25) is 11.8 Å². The lowest BCUT2D eigenvalue weighted by atomic mass is 10.1. The quantitative estimate of drug-likeness (QED) is 0.364. The fourth-order valence-corrected chi connectivity index (χ4v) is 4.15. The number of benzene rings is 3. The summed E-state index contributed by atoms with van der Waals surface area (Å²) in [6, 6.07) is 19.9. The van der Waals surface area contributed by atoms with Gasteiger partial charge < -0.3 is 9.64 Å². The molecule has 0 bridgehead atoms. The minimum atomic E-state index is -0.456. The number of amides is 2. The number of anilines is 2. The zero-order valence-corrected chi connectivity index (χ0v) is 20.5. The molecule has 0 aliphatic carbocycles. The third kappa shape index (κ3) is 5.79. The van der Waals surface area contributed by atoms with E-state index in [1.165, 1.54) is 0 Å². The fourth-order valence-electron chi connectivity index (χ4n) is 3.46. The molecular formula is C24H20BrCl2N3O3. The van der Waals surface area contributed by atoms with Crippen molar-refractivity contribution >= 4 is 62.3 Å². The van der Waals surface area contributed by atoms with Crippen LogP contribution in [0.5, 0.6) is 5.75 Å². The lowest BCUT2D eigenvalue weighted by Crippen LogP contribution is -2.36. The maximum atomic E-state index is 12.6. The Morgan fingerprint density at radius 3 is 2.55 bits per heavy atom. The van der Waals surface area contributed by atoms with Crippen LogP contribution in [0, 0.1) is 5.92 Å². The Labute approximate surface area is 209 Å². The maximum absolute atomic E-state index is 12.6. The summed E-state index contributed by atoms with van der Waals surface area (Å²) in [5.74, 6) is -0.305. The second-order valence-electron chi connectivity index (χ2n) is 7.52. The van der Waals surface area contributed by atoms with E-state index in [0.717, 1.165) is 15.7 Å². The second-order valence-corrected chi connectivity index (χ2v) is 9.25. The van der Waals surface area contributed by atoms with E-state index in [1.54, 1.807) is 29.2 Å². The Hall–Kier alpha value is -2.74. The van der Waals surface area contributed by atoms with E-state index in [-0.39, 0.29) is 24.8 Å². The number of carbonyl (C=O) groups excluding carboxylic acids is 2. The minimum absolute atomic E-state index is 0.0828. The number of ether oxygens (including phenoxy) is 1. The first-order valence-corrected chi connectivity index (χ1v) is 11.7. The van der Waals surface area contributed by atoms with E-state index >= 15 is 0 Å². The number of hydrogen-bond acceptors (Lipinski definition) is 4. The molecule has 6 nitrogen and oxygen atoms in total. The molecule has 2 amide bonds. The molecule has 0 saturated carbocycles. The van der Waals surface area contributed by atoms with Gasteiger partial charge in [0.15, 0.2) is 0 Å². The number of hydrazine groups is 1. The molecule has 1 aliphatic rings. The van der Waals surface area contributed by atoms with Crippen LogP contribution in [0.25, 0.3) is 0 Å². The standard InChI is InChI=1S/C24H20BrCl2N3O3/c25-17-5-8-19(9-6-17)30-13-16(11-23(30)31)24(32)29-28-18-7-10-22(21(27)12-18)33-14-15-3-1-2-4-20(15)26/h1-10,12,16,28H,11,13-14H2,(H,29,32)/t16-/m0/s1. The molecule has 170 valence electrons. The third-order valence-corrected chi connectivity index (χ3v) is 6.43. The number of nitrogens with one attached hydrogen (secondary N) is 2. The van der Waals surface area contributed by atoms with Gasteiger partial charge in [0.05, 0.1) is 16.6 Å². The van der Waals surface area contributed by atoms with Crippen LogP contribution in [0.2, 0.25) is 10.0 Å². The Morgan fingerprint density at radius 2 is 1.82 bits per heavy atom. The van der Waals surface area contributed by atoms with Crippen molar-refractivity contribution < 1.29 is 14.3 Å². The summed E-state index contributed by atoms with van der Waals surface area (Å²) in [7, 11) is 0. The van der Waals surface area contributed by atoms with Crippen molar-refractivity contribution in [1.82, 2.24) is 5.43 Å². The molecule has 3 aromatic rings. The topological polar surface area (TPSA) is 70.7 Å². The van der Waals surface area contributed by atoms with Gasteiger partial charge in [-0.3, -0.25) is 20.4 Å². The largest absolute Gasteiger partial charge is 0.487 e. The van der Waals surface area contributed by atoms with Crippen molar-refractivity contribution in [2.75, 3.05) is 16.9 Å². The van der Waals surface area contributed by atoms with Crippen molar-refractivity contribution in [3.05, 3.63) is 86.8 Å². The van der Waals surface area contributed by atoms with Crippen molar-refractivity contribution in [3.63, 3.8) is 0 Å². The van der Waals surface area contributed by atoms with Crippen LogP contribution in [-0.4, -0.2) is 18.4 Å². The number of hydrogen-bond donors (Lipinski definition) is 2. The Balaban J connectivity index is 1.31. The van der Waals surface area contributed by atoms with Gasteiger partial charge in [-0.05, 0) is 48.5 Å². The van der Waals surface area contributed by atoms with E-state index in [9.17, 15) is 9.59 Å². The van der Waals surface area contributed by atoms with Crippen LogP contribution < -0.4 is 20.5 Å². The van der Waals surface area contributed by atoms with Crippen molar-refractivity contribution in [3.8, 4) is 5.75 Å². The van der Waals surface area contributed by atoms with Gasteiger partial charge in [0.1, 0.15) is 12.4 Å². The molecule has 0 aromatic heterocycles. The van der Waals surface area contributed by atoms with Crippen LogP contribution in [0.4, 0.5) is 11.4 Å². The molecule has 4 rings (SSSR count). The number of carbonyl (C=O) groups is 2. The van der Waals surface area contributed by atoms with Gasteiger partial charge in [0, 0.05) is 33.7 Å². The highest BCUT2D eigenvalue weighted by Gasteiger charge is 2.35. The first-order chi connectivity index (χ1) is 15.9. The number of rotatable bonds is 7. The molecule has 0 radical (unpaired) electrons. The highest BCUT2D eigenvalue weighted by atomic mass is 79.9. The Morgan fingerprint density at radius 1 is 1.06 bits per heavy atom. The molecule has 3 aromatic carbocycles. The molecule has 0 unspecified atom stereocenters. The van der Waals surface area contributed by atoms with E-state index in [1.807, 2.05) is 42.5 Å². The zero-order valence-electron chi connectivity index (χ0n) is 17.4. The molecular weight excluding hydrogens is 529 g/mol. The first kappa shape index (κ1) is 23.4. The summed E-state index contributed by atoms with van der Waals surface area (Å²) >= 11 is 15.9. The van der Waals surface area contributed by atoms with Crippen LogP contribution in [-0.2, 0) is 16.2 Å². The van der Waals surface area contributed by atoms with Crippen molar-refractivity contribution in [1.29, 1.82) is 0 Å². The Bertz CT molecular complexity index is 1170. The average Bonchev–Trinajstić information content (AvgIpc) is 3.20. The van der Waals surface area contributed by atoms with Gasteiger partial charge in [-0.15, -0.1) is 0 Å². The summed E-state index contributed by atoms with van der Waals surface area (Å²) in [5, 5.41) is 1.01. The summed E-state index contributed by atoms with van der Waals surface area (Å²) in [4.78, 5) is 26.6. The molecule has 1 aliphatic heterocycles. The number of halogens is 3. The van der Waals surface area contributed by atoms with E-state index in [4.69, 9.17) is 27.9 Å². The van der Waals surface area contributed by atoms with E-state index in [0.29, 0.717) is 28.0 Å². The molecule has 1 fully saturated rings. The highest BCUT2D eigenvalue weighted by Crippen LogP contribution is 2.30. The fraction of sp³-hybridized carbons (Fsp3) is 0.167.